The number of ether oxygens (including phenoxy) is 1. The summed E-state index contributed by atoms with van der Waals surface area (Å²) in [5.41, 5.74) is 0.663. The number of rotatable bonds is 9. The SMILES string of the molecule is CCCCCOc1nc(C(=O)Nc2cc(O)cc3ccccc23)cc(N2CCN[C@@H](CC#N)C2)n1. The summed E-state index contributed by atoms with van der Waals surface area (Å²) >= 11 is 0. The van der Waals surface area contributed by atoms with E-state index in [9.17, 15) is 9.90 Å². The van der Waals surface area contributed by atoms with Crippen LogP contribution >= 0.6 is 0 Å². The fraction of sp³-hybridized carbons (Fsp3) is 0.385. The van der Waals surface area contributed by atoms with Crippen LogP contribution in [0.2, 0.25) is 0 Å². The smallest absolute Gasteiger partial charge is 0.319 e. The van der Waals surface area contributed by atoms with Gasteiger partial charge in [-0.25, -0.2) is 0 Å². The Morgan fingerprint density at radius 3 is 2.97 bits per heavy atom. The first-order valence-electron chi connectivity index (χ1n) is 12.0. The number of phenolic OH excluding ortho intramolecular Hbond substituents is 1. The van der Waals surface area contributed by atoms with Gasteiger partial charge in [0.15, 0.2) is 0 Å². The Balaban J connectivity index is 1.62. The lowest BCUT2D eigenvalue weighted by Crippen LogP contribution is -2.50. The van der Waals surface area contributed by atoms with Gasteiger partial charge in [-0.15, -0.1) is 0 Å². The van der Waals surface area contributed by atoms with Gasteiger partial charge in [-0.05, 0) is 17.9 Å². The van der Waals surface area contributed by atoms with E-state index in [0.717, 1.165) is 30.0 Å². The molecule has 9 heteroatoms. The number of aromatic hydroxyl groups is 1. The standard InChI is InChI=1S/C26H30N6O3/c1-2-3-6-13-35-26-30-23(16-24(31-26)32-12-11-28-19(17-32)9-10-27)25(34)29-22-15-20(33)14-18-7-4-5-8-21(18)22/h4-5,7-8,14-16,19,28,33H,2-3,6,9,11-13,17H2,1H3,(H,29,34)/t19-/m0/s1. The van der Waals surface area contributed by atoms with Crippen molar-refractivity contribution in [1.29, 1.82) is 5.26 Å². The average molecular weight is 475 g/mol. The Hall–Kier alpha value is -3.90. The summed E-state index contributed by atoms with van der Waals surface area (Å²) in [6.45, 7) is 4.57. The van der Waals surface area contributed by atoms with Gasteiger partial charge in [0.25, 0.3) is 5.91 Å². The second-order valence-corrected chi connectivity index (χ2v) is 8.58. The highest BCUT2D eigenvalue weighted by atomic mass is 16.5. The summed E-state index contributed by atoms with van der Waals surface area (Å²) in [7, 11) is 0. The summed E-state index contributed by atoms with van der Waals surface area (Å²) in [4.78, 5) is 24.3. The number of carbonyl (C=O) groups is 1. The molecule has 1 atom stereocenters. The van der Waals surface area contributed by atoms with E-state index < -0.39 is 5.91 Å². The van der Waals surface area contributed by atoms with Crippen LogP contribution in [0.5, 0.6) is 11.8 Å². The van der Waals surface area contributed by atoms with Crippen molar-refractivity contribution in [3.8, 4) is 17.8 Å². The van der Waals surface area contributed by atoms with Gasteiger partial charge < -0.3 is 25.4 Å². The molecule has 1 aliphatic rings. The number of aromatic nitrogens is 2. The molecule has 9 nitrogen and oxygen atoms in total. The van der Waals surface area contributed by atoms with Crippen molar-refractivity contribution in [2.24, 2.45) is 0 Å². The topological polar surface area (TPSA) is 123 Å². The first-order valence-corrected chi connectivity index (χ1v) is 12.0. The number of carbonyl (C=O) groups excluding carboxylic acids is 1. The number of hydrogen-bond acceptors (Lipinski definition) is 8. The molecular weight excluding hydrogens is 444 g/mol. The monoisotopic (exact) mass is 474 g/mol. The number of piperazine rings is 1. The molecule has 1 amide bonds. The summed E-state index contributed by atoms with van der Waals surface area (Å²) in [5.74, 6) is 0.221. The minimum absolute atomic E-state index is 0.0218. The second-order valence-electron chi connectivity index (χ2n) is 8.58. The van der Waals surface area contributed by atoms with Gasteiger partial charge in [0.2, 0.25) is 0 Å². The van der Waals surface area contributed by atoms with E-state index in [0.29, 0.717) is 44.2 Å². The summed E-state index contributed by atoms with van der Waals surface area (Å²) in [6, 6.07) is 14.7. The average Bonchev–Trinajstić information content (AvgIpc) is 2.87. The van der Waals surface area contributed by atoms with Gasteiger partial charge >= 0.3 is 6.01 Å². The Labute approximate surface area is 204 Å². The quantitative estimate of drug-likeness (QED) is 0.400. The second kappa shape index (κ2) is 11.5. The zero-order chi connectivity index (χ0) is 24.6. The summed E-state index contributed by atoms with van der Waals surface area (Å²) in [6.07, 6.45) is 3.36. The Morgan fingerprint density at radius 2 is 2.14 bits per heavy atom. The predicted octanol–water partition coefficient (Wildman–Crippen LogP) is 3.85. The van der Waals surface area contributed by atoms with Gasteiger partial charge in [0.1, 0.15) is 17.3 Å². The van der Waals surface area contributed by atoms with Crippen molar-refractivity contribution in [2.75, 3.05) is 36.5 Å². The number of benzene rings is 2. The Kier molecular flexibility index (Phi) is 7.95. The van der Waals surface area contributed by atoms with E-state index in [4.69, 9.17) is 10.00 Å². The molecule has 0 saturated carbocycles. The zero-order valence-electron chi connectivity index (χ0n) is 19.8. The van der Waals surface area contributed by atoms with Crippen LogP contribution in [0.1, 0.15) is 43.1 Å². The molecule has 1 aliphatic heterocycles. The number of hydrogen-bond donors (Lipinski definition) is 3. The molecule has 3 aromatic rings. The lowest BCUT2D eigenvalue weighted by atomic mass is 10.1. The molecule has 1 fully saturated rings. The molecule has 0 spiro atoms. The first-order chi connectivity index (χ1) is 17.1. The number of phenols is 1. The third kappa shape index (κ3) is 6.16. The third-order valence-corrected chi connectivity index (χ3v) is 5.92. The van der Waals surface area contributed by atoms with Crippen molar-refractivity contribution in [3.05, 3.63) is 48.2 Å². The molecule has 1 saturated heterocycles. The highest BCUT2D eigenvalue weighted by Gasteiger charge is 2.23. The van der Waals surface area contributed by atoms with Crippen LogP contribution < -0.4 is 20.3 Å². The molecule has 2 heterocycles. The molecule has 0 radical (unpaired) electrons. The lowest BCUT2D eigenvalue weighted by molar-refractivity contribution is 0.102. The molecular formula is C26H30N6O3. The maximum Gasteiger partial charge on any atom is 0.319 e. The fourth-order valence-electron chi connectivity index (χ4n) is 4.14. The van der Waals surface area contributed by atoms with Crippen LogP contribution in [0.4, 0.5) is 11.5 Å². The maximum atomic E-state index is 13.3. The molecule has 182 valence electrons. The highest BCUT2D eigenvalue weighted by molar-refractivity contribution is 6.09. The van der Waals surface area contributed by atoms with Crippen molar-refractivity contribution >= 4 is 28.2 Å². The van der Waals surface area contributed by atoms with Gasteiger partial charge in [-0.3, -0.25) is 4.79 Å². The Bertz CT molecular complexity index is 1230. The van der Waals surface area contributed by atoms with Gasteiger partial charge in [0, 0.05) is 43.2 Å². The predicted molar refractivity (Wildman–Crippen MR) is 135 cm³/mol. The third-order valence-electron chi connectivity index (χ3n) is 5.92. The van der Waals surface area contributed by atoms with Crippen molar-refractivity contribution < 1.29 is 14.6 Å². The number of anilines is 2. The van der Waals surface area contributed by atoms with Crippen LogP contribution in [0.15, 0.2) is 42.5 Å². The lowest BCUT2D eigenvalue weighted by Gasteiger charge is -2.33. The Morgan fingerprint density at radius 1 is 1.29 bits per heavy atom. The van der Waals surface area contributed by atoms with Gasteiger partial charge in [-0.1, -0.05) is 44.0 Å². The molecule has 35 heavy (non-hydrogen) atoms. The zero-order valence-corrected chi connectivity index (χ0v) is 19.8. The number of nitriles is 1. The maximum absolute atomic E-state index is 13.3. The molecule has 3 N–H and O–H groups in total. The number of nitrogens with one attached hydrogen (secondary N) is 2. The van der Waals surface area contributed by atoms with E-state index in [1.807, 2.05) is 29.2 Å². The number of unbranched alkanes of at least 4 members (excludes halogenated alkanes) is 2. The van der Waals surface area contributed by atoms with Crippen LogP contribution in [0, 0.1) is 11.3 Å². The molecule has 1 aromatic heterocycles. The largest absolute Gasteiger partial charge is 0.508 e. The summed E-state index contributed by atoms with van der Waals surface area (Å²) < 4.78 is 5.81. The molecule has 0 unspecified atom stereocenters. The fourth-order valence-corrected chi connectivity index (χ4v) is 4.14. The van der Waals surface area contributed by atoms with E-state index in [1.165, 1.54) is 6.07 Å². The van der Waals surface area contributed by atoms with Crippen molar-refractivity contribution in [3.63, 3.8) is 0 Å². The number of nitrogens with zero attached hydrogens (tertiary/aromatic N) is 4. The van der Waals surface area contributed by atoms with Gasteiger partial charge in [0.05, 0.1) is 24.8 Å². The van der Waals surface area contributed by atoms with Crippen molar-refractivity contribution in [2.45, 2.75) is 38.6 Å². The van der Waals surface area contributed by atoms with E-state index in [1.54, 1.807) is 12.1 Å². The number of fused-ring (bicyclic) bond motifs is 1. The first kappa shape index (κ1) is 24.2. The van der Waals surface area contributed by atoms with Gasteiger partial charge in [-0.2, -0.15) is 15.2 Å². The molecule has 2 aromatic carbocycles. The van der Waals surface area contributed by atoms with Crippen LogP contribution in [-0.4, -0.2) is 53.3 Å². The molecule has 4 rings (SSSR count). The van der Waals surface area contributed by atoms with E-state index in [-0.39, 0.29) is 23.5 Å². The minimum Gasteiger partial charge on any atom is -0.508 e. The minimum atomic E-state index is -0.425. The normalized spacial score (nSPS) is 15.5. The van der Waals surface area contributed by atoms with E-state index >= 15 is 0 Å². The number of amides is 1. The van der Waals surface area contributed by atoms with Crippen LogP contribution in [0.3, 0.4) is 0 Å². The van der Waals surface area contributed by atoms with E-state index in [2.05, 4.69) is 33.6 Å². The van der Waals surface area contributed by atoms with Crippen LogP contribution in [0.25, 0.3) is 10.8 Å². The molecule has 0 bridgehead atoms. The van der Waals surface area contributed by atoms with Crippen LogP contribution in [-0.2, 0) is 0 Å². The van der Waals surface area contributed by atoms with Crippen molar-refractivity contribution in [1.82, 2.24) is 15.3 Å². The highest BCUT2D eigenvalue weighted by Crippen LogP contribution is 2.29. The molecule has 0 aliphatic carbocycles. The summed E-state index contributed by atoms with van der Waals surface area (Å²) in [5, 5.41) is 27.1.